The van der Waals surface area contributed by atoms with Crippen molar-refractivity contribution in [2.75, 3.05) is 0 Å². The highest BCUT2D eigenvalue weighted by molar-refractivity contribution is 5.81. The Balaban J connectivity index is 2.32. The molecule has 1 aliphatic carbocycles. The summed E-state index contributed by atoms with van der Waals surface area (Å²) in [6.07, 6.45) is 5.87. The standard InChI is InChI=1S/C15H30N2O/c1-6-11(2)16-14(18)12(3)17-13-7-9-15(4,5)10-8-13/h11-13,17H,6-10H2,1-5H3,(H,16,18). The molecular formula is C15H30N2O. The van der Waals surface area contributed by atoms with Crippen molar-refractivity contribution in [3.8, 4) is 0 Å². The average molecular weight is 254 g/mol. The number of hydrogen-bond donors (Lipinski definition) is 2. The van der Waals surface area contributed by atoms with Crippen molar-refractivity contribution in [2.24, 2.45) is 5.41 Å². The van der Waals surface area contributed by atoms with Gasteiger partial charge in [0.25, 0.3) is 0 Å². The van der Waals surface area contributed by atoms with Crippen LogP contribution in [-0.4, -0.2) is 24.0 Å². The third kappa shape index (κ3) is 4.97. The van der Waals surface area contributed by atoms with Gasteiger partial charge in [-0.25, -0.2) is 0 Å². The minimum atomic E-state index is -0.0785. The second-order valence-electron chi connectivity index (χ2n) is 6.64. The Hall–Kier alpha value is -0.570. The highest BCUT2D eigenvalue weighted by Crippen LogP contribution is 2.35. The van der Waals surface area contributed by atoms with E-state index in [1.54, 1.807) is 0 Å². The second-order valence-corrected chi connectivity index (χ2v) is 6.64. The summed E-state index contributed by atoms with van der Waals surface area (Å²) < 4.78 is 0. The lowest BCUT2D eigenvalue weighted by atomic mass is 9.75. The molecule has 18 heavy (non-hydrogen) atoms. The van der Waals surface area contributed by atoms with Crippen LogP contribution in [0.2, 0.25) is 0 Å². The summed E-state index contributed by atoms with van der Waals surface area (Å²) in [7, 11) is 0. The van der Waals surface area contributed by atoms with E-state index in [4.69, 9.17) is 0 Å². The molecule has 0 bridgehead atoms. The van der Waals surface area contributed by atoms with E-state index in [2.05, 4.69) is 31.4 Å². The smallest absolute Gasteiger partial charge is 0.237 e. The normalized spacial score (nSPS) is 23.4. The van der Waals surface area contributed by atoms with Gasteiger partial charge < -0.3 is 10.6 Å². The maximum Gasteiger partial charge on any atom is 0.237 e. The maximum absolute atomic E-state index is 11.9. The summed E-state index contributed by atoms with van der Waals surface area (Å²) in [5.41, 5.74) is 0.487. The molecule has 3 nitrogen and oxygen atoms in total. The fraction of sp³-hybridized carbons (Fsp3) is 0.933. The van der Waals surface area contributed by atoms with Crippen LogP contribution < -0.4 is 10.6 Å². The first-order chi connectivity index (χ1) is 8.34. The van der Waals surface area contributed by atoms with Crippen LogP contribution in [0.1, 0.15) is 66.7 Å². The van der Waals surface area contributed by atoms with Gasteiger partial charge in [0.05, 0.1) is 6.04 Å². The third-order valence-corrected chi connectivity index (χ3v) is 4.22. The molecular weight excluding hydrogens is 224 g/mol. The van der Waals surface area contributed by atoms with Crippen LogP contribution in [-0.2, 0) is 4.79 Å². The van der Waals surface area contributed by atoms with Crippen molar-refractivity contribution in [3.63, 3.8) is 0 Å². The Morgan fingerprint density at radius 1 is 1.28 bits per heavy atom. The Labute approximate surface area is 112 Å². The van der Waals surface area contributed by atoms with E-state index < -0.39 is 0 Å². The van der Waals surface area contributed by atoms with Gasteiger partial charge in [-0.1, -0.05) is 20.8 Å². The van der Waals surface area contributed by atoms with Crippen LogP contribution in [0.5, 0.6) is 0 Å². The molecule has 0 saturated heterocycles. The van der Waals surface area contributed by atoms with E-state index >= 15 is 0 Å². The van der Waals surface area contributed by atoms with E-state index in [0.29, 0.717) is 11.5 Å². The number of hydrogen-bond acceptors (Lipinski definition) is 2. The topological polar surface area (TPSA) is 41.1 Å². The van der Waals surface area contributed by atoms with Gasteiger partial charge in [0, 0.05) is 12.1 Å². The predicted octanol–water partition coefficient (Wildman–Crippen LogP) is 2.85. The number of rotatable bonds is 5. The zero-order valence-corrected chi connectivity index (χ0v) is 12.7. The van der Waals surface area contributed by atoms with E-state index in [1.165, 1.54) is 25.7 Å². The highest BCUT2D eigenvalue weighted by Gasteiger charge is 2.28. The molecule has 0 aromatic rings. The molecule has 0 heterocycles. The van der Waals surface area contributed by atoms with Crippen LogP contribution in [0.25, 0.3) is 0 Å². The number of carbonyl (C=O) groups is 1. The molecule has 0 aliphatic heterocycles. The van der Waals surface area contributed by atoms with Gasteiger partial charge in [0.1, 0.15) is 0 Å². The molecule has 0 aromatic carbocycles. The number of carbonyl (C=O) groups excluding carboxylic acids is 1. The Morgan fingerprint density at radius 2 is 1.83 bits per heavy atom. The van der Waals surface area contributed by atoms with Crippen LogP contribution in [0.3, 0.4) is 0 Å². The van der Waals surface area contributed by atoms with Gasteiger partial charge in [-0.05, 0) is 51.4 Å². The molecule has 0 radical (unpaired) electrons. The van der Waals surface area contributed by atoms with Gasteiger partial charge >= 0.3 is 0 Å². The molecule has 2 atom stereocenters. The summed E-state index contributed by atoms with van der Waals surface area (Å²) in [4.78, 5) is 11.9. The summed E-state index contributed by atoms with van der Waals surface area (Å²) in [5.74, 6) is 0.134. The lowest BCUT2D eigenvalue weighted by Gasteiger charge is -2.35. The van der Waals surface area contributed by atoms with Crippen molar-refractivity contribution < 1.29 is 4.79 Å². The van der Waals surface area contributed by atoms with Gasteiger partial charge in [-0.2, -0.15) is 0 Å². The summed E-state index contributed by atoms with van der Waals surface area (Å²) in [6, 6.07) is 0.702. The first-order valence-electron chi connectivity index (χ1n) is 7.40. The van der Waals surface area contributed by atoms with E-state index in [-0.39, 0.29) is 18.0 Å². The minimum Gasteiger partial charge on any atom is -0.352 e. The van der Waals surface area contributed by atoms with Crippen molar-refractivity contribution >= 4 is 5.91 Å². The Morgan fingerprint density at radius 3 is 2.33 bits per heavy atom. The third-order valence-electron chi connectivity index (χ3n) is 4.22. The Kier molecular flexibility index (Phi) is 5.64. The fourth-order valence-corrected chi connectivity index (χ4v) is 2.47. The van der Waals surface area contributed by atoms with Crippen LogP contribution >= 0.6 is 0 Å². The molecule has 106 valence electrons. The summed E-state index contributed by atoms with van der Waals surface area (Å²) in [5, 5.41) is 6.51. The van der Waals surface area contributed by atoms with Crippen molar-refractivity contribution in [1.29, 1.82) is 0 Å². The van der Waals surface area contributed by atoms with Crippen LogP contribution in [0.4, 0.5) is 0 Å². The monoisotopic (exact) mass is 254 g/mol. The molecule has 1 rings (SSSR count). The van der Waals surface area contributed by atoms with E-state index in [0.717, 1.165) is 6.42 Å². The fourth-order valence-electron chi connectivity index (χ4n) is 2.47. The van der Waals surface area contributed by atoms with Crippen LogP contribution in [0.15, 0.2) is 0 Å². The van der Waals surface area contributed by atoms with Gasteiger partial charge in [-0.15, -0.1) is 0 Å². The minimum absolute atomic E-state index is 0.0785. The highest BCUT2D eigenvalue weighted by atomic mass is 16.2. The number of amides is 1. The molecule has 1 aliphatic rings. The predicted molar refractivity (Wildman–Crippen MR) is 76.5 cm³/mol. The first-order valence-corrected chi connectivity index (χ1v) is 7.40. The van der Waals surface area contributed by atoms with Gasteiger partial charge in [-0.3, -0.25) is 4.79 Å². The van der Waals surface area contributed by atoms with E-state index in [9.17, 15) is 4.79 Å². The molecule has 0 aromatic heterocycles. The lowest BCUT2D eigenvalue weighted by Crippen LogP contribution is -2.49. The number of nitrogens with one attached hydrogen (secondary N) is 2. The summed E-state index contributed by atoms with van der Waals surface area (Å²) in [6.45, 7) is 10.8. The van der Waals surface area contributed by atoms with Gasteiger partial charge in [0.15, 0.2) is 0 Å². The first kappa shape index (κ1) is 15.5. The van der Waals surface area contributed by atoms with Crippen molar-refractivity contribution in [1.82, 2.24) is 10.6 Å². The summed E-state index contributed by atoms with van der Waals surface area (Å²) >= 11 is 0. The zero-order chi connectivity index (χ0) is 13.8. The Bertz CT molecular complexity index is 266. The lowest BCUT2D eigenvalue weighted by molar-refractivity contribution is -0.123. The molecule has 1 fully saturated rings. The maximum atomic E-state index is 11.9. The molecule has 1 saturated carbocycles. The molecule has 2 N–H and O–H groups in total. The molecule has 3 heteroatoms. The zero-order valence-electron chi connectivity index (χ0n) is 12.7. The quantitative estimate of drug-likeness (QED) is 0.792. The molecule has 2 unspecified atom stereocenters. The SMILES string of the molecule is CCC(C)NC(=O)C(C)NC1CCC(C)(C)CC1. The van der Waals surface area contributed by atoms with Crippen molar-refractivity contribution in [3.05, 3.63) is 0 Å². The van der Waals surface area contributed by atoms with Crippen molar-refractivity contribution in [2.45, 2.75) is 84.8 Å². The van der Waals surface area contributed by atoms with Gasteiger partial charge in [0.2, 0.25) is 5.91 Å². The van der Waals surface area contributed by atoms with E-state index in [1.807, 2.05) is 13.8 Å². The average Bonchev–Trinajstić information content (AvgIpc) is 2.31. The largest absolute Gasteiger partial charge is 0.352 e. The van der Waals surface area contributed by atoms with Crippen LogP contribution in [0, 0.1) is 5.41 Å². The molecule has 0 spiro atoms. The molecule has 1 amide bonds. The second kappa shape index (κ2) is 6.55.